The molecule has 0 aliphatic heterocycles. The van der Waals surface area contributed by atoms with E-state index in [0.717, 1.165) is 30.6 Å². The zero-order chi connectivity index (χ0) is 22.1. The van der Waals surface area contributed by atoms with Crippen molar-refractivity contribution >= 4 is 5.97 Å². The number of hydrogen-bond acceptors (Lipinski definition) is 4. The van der Waals surface area contributed by atoms with Crippen LogP contribution < -0.4 is 10.1 Å². The summed E-state index contributed by atoms with van der Waals surface area (Å²) in [6, 6.07) is 10.5. The highest BCUT2D eigenvalue weighted by molar-refractivity contribution is 5.73. The Kier molecular flexibility index (Phi) is 8.71. The third-order valence-electron chi connectivity index (χ3n) is 4.94. The molecule has 30 heavy (non-hydrogen) atoms. The van der Waals surface area contributed by atoms with Crippen LogP contribution in [-0.4, -0.2) is 34.1 Å². The van der Waals surface area contributed by atoms with E-state index >= 15 is 0 Å². The van der Waals surface area contributed by atoms with Crippen molar-refractivity contribution in [1.29, 1.82) is 0 Å². The van der Waals surface area contributed by atoms with Crippen LogP contribution in [0.5, 0.6) is 5.88 Å². The average Bonchev–Trinajstić information content (AvgIpc) is 3.31. The Bertz CT molecular complexity index is 815. The number of carboxylic acids is 1. The van der Waals surface area contributed by atoms with Crippen LogP contribution >= 0.6 is 0 Å². The molecule has 1 fully saturated rings. The van der Waals surface area contributed by atoms with Gasteiger partial charge < -0.3 is 15.2 Å². The summed E-state index contributed by atoms with van der Waals surface area (Å²) >= 11 is 0. The number of rotatable bonds is 7. The van der Waals surface area contributed by atoms with Gasteiger partial charge in [-0.2, -0.15) is 18.3 Å². The van der Waals surface area contributed by atoms with E-state index in [-0.39, 0.29) is 0 Å². The monoisotopic (exact) mass is 427 g/mol. The average molecular weight is 427 g/mol. The van der Waals surface area contributed by atoms with Gasteiger partial charge in [-0.1, -0.05) is 37.1 Å². The molecule has 0 spiro atoms. The Morgan fingerprint density at radius 2 is 1.93 bits per heavy atom. The molecule has 166 valence electrons. The van der Waals surface area contributed by atoms with Gasteiger partial charge in [0.05, 0.1) is 5.69 Å². The van der Waals surface area contributed by atoms with Crippen molar-refractivity contribution in [1.82, 2.24) is 15.1 Å². The number of aromatic nitrogens is 2. The minimum atomic E-state index is -5.08. The summed E-state index contributed by atoms with van der Waals surface area (Å²) in [5, 5.41) is 15.0. The fourth-order valence-electron chi connectivity index (χ4n) is 3.33. The van der Waals surface area contributed by atoms with Gasteiger partial charge in [-0.25, -0.2) is 9.48 Å². The van der Waals surface area contributed by atoms with Crippen LogP contribution in [0.3, 0.4) is 0 Å². The third-order valence-corrected chi connectivity index (χ3v) is 4.94. The molecule has 0 bridgehead atoms. The predicted molar refractivity (Wildman–Crippen MR) is 106 cm³/mol. The first-order valence-corrected chi connectivity index (χ1v) is 9.89. The molecule has 0 unspecified atom stereocenters. The Morgan fingerprint density at radius 1 is 1.30 bits per heavy atom. The number of halogens is 3. The van der Waals surface area contributed by atoms with E-state index in [1.807, 2.05) is 7.05 Å². The predicted octanol–water partition coefficient (Wildman–Crippen LogP) is 4.31. The van der Waals surface area contributed by atoms with Crippen LogP contribution in [0.15, 0.2) is 30.3 Å². The first-order valence-electron chi connectivity index (χ1n) is 9.89. The van der Waals surface area contributed by atoms with Crippen molar-refractivity contribution in [2.45, 2.75) is 58.5 Å². The summed E-state index contributed by atoms with van der Waals surface area (Å²) in [4.78, 5) is 8.90. The minimum absolute atomic E-state index is 0.599. The van der Waals surface area contributed by atoms with Crippen LogP contribution in [0, 0.1) is 12.8 Å². The second kappa shape index (κ2) is 11.0. The zero-order valence-corrected chi connectivity index (χ0v) is 17.2. The highest BCUT2D eigenvalue weighted by Gasteiger charge is 2.38. The summed E-state index contributed by atoms with van der Waals surface area (Å²) in [5.41, 5.74) is 3.55. The van der Waals surface area contributed by atoms with E-state index in [1.54, 1.807) is 0 Å². The smallest absolute Gasteiger partial charge is 0.475 e. The SMILES string of the molecule is CNCc1cc(OCc2ccccc2C)n(CC2CCCC2)n1.O=C(O)C(F)(F)F. The summed E-state index contributed by atoms with van der Waals surface area (Å²) < 4.78 is 39.9. The number of carbonyl (C=O) groups is 1. The summed E-state index contributed by atoms with van der Waals surface area (Å²) in [6.45, 7) is 4.48. The fraction of sp³-hybridized carbons (Fsp3) is 0.524. The van der Waals surface area contributed by atoms with E-state index in [2.05, 4.69) is 47.3 Å². The van der Waals surface area contributed by atoms with E-state index in [9.17, 15) is 13.2 Å². The van der Waals surface area contributed by atoms with Crippen LogP contribution in [-0.2, 0) is 24.5 Å². The Hall–Kier alpha value is -2.55. The second-order valence-electron chi connectivity index (χ2n) is 7.35. The van der Waals surface area contributed by atoms with Crippen molar-refractivity contribution in [3.8, 4) is 5.88 Å². The fourth-order valence-corrected chi connectivity index (χ4v) is 3.33. The number of benzene rings is 1. The lowest BCUT2D eigenvalue weighted by atomic mass is 10.1. The van der Waals surface area contributed by atoms with Crippen molar-refractivity contribution in [2.75, 3.05) is 7.05 Å². The van der Waals surface area contributed by atoms with Gasteiger partial charge in [0.15, 0.2) is 0 Å². The van der Waals surface area contributed by atoms with Gasteiger partial charge in [0.1, 0.15) is 6.61 Å². The second-order valence-corrected chi connectivity index (χ2v) is 7.35. The highest BCUT2D eigenvalue weighted by atomic mass is 19.4. The summed E-state index contributed by atoms with van der Waals surface area (Å²) in [7, 11) is 1.95. The molecule has 1 aliphatic rings. The van der Waals surface area contributed by atoms with Gasteiger partial charge in [0, 0.05) is 19.2 Å². The lowest BCUT2D eigenvalue weighted by Gasteiger charge is -2.13. The largest absolute Gasteiger partial charge is 0.490 e. The molecule has 1 aromatic carbocycles. The number of nitrogens with one attached hydrogen (secondary N) is 1. The lowest BCUT2D eigenvalue weighted by Crippen LogP contribution is -2.21. The van der Waals surface area contributed by atoms with Gasteiger partial charge in [0.25, 0.3) is 0 Å². The molecule has 0 radical (unpaired) electrons. The highest BCUT2D eigenvalue weighted by Crippen LogP contribution is 2.28. The molecule has 1 aromatic heterocycles. The first kappa shape index (κ1) is 23.7. The first-order chi connectivity index (χ1) is 14.2. The minimum Gasteiger partial charge on any atom is -0.475 e. The molecule has 1 aliphatic carbocycles. The van der Waals surface area contributed by atoms with Crippen molar-refractivity contribution in [2.24, 2.45) is 5.92 Å². The van der Waals surface area contributed by atoms with Crippen LogP contribution in [0.2, 0.25) is 0 Å². The Morgan fingerprint density at radius 3 is 2.50 bits per heavy atom. The van der Waals surface area contributed by atoms with Crippen molar-refractivity contribution < 1.29 is 27.8 Å². The van der Waals surface area contributed by atoms with E-state index in [0.29, 0.717) is 6.61 Å². The third kappa shape index (κ3) is 7.37. The molecule has 0 amide bonds. The molecular weight excluding hydrogens is 399 g/mol. The quantitative estimate of drug-likeness (QED) is 0.689. The number of ether oxygens (including phenoxy) is 1. The van der Waals surface area contributed by atoms with E-state index in [4.69, 9.17) is 19.7 Å². The summed E-state index contributed by atoms with van der Waals surface area (Å²) in [6.07, 6.45) is 0.264. The molecule has 9 heteroatoms. The molecule has 6 nitrogen and oxygen atoms in total. The van der Waals surface area contributed by atoms with Gasteiger partial charge in [0.2, 0.25) is 5.88 Å². The molecule has 3 rings (SSSR count). The Balaban J connectivity index is 0.000000396. The van der Waals surface area contributed by atoms with Crippen LogP contribution in [0.25, 0.3) is 0 Å². The van der Waals surface area contributed by atoms with Crippen molar-refractivity contribution in [3.05, 3.63) is 47.2 Å². The standard InChI is InChI=1S/C19H27N3O.C2HF3O2/c1-15-7-3-6-10-17(15)14-23-19-11-18(12-20-2)21-22(19)13-16-8-4-5-9-16;3-2(4,5)1(6)7/h3,6-7,10-11,16,20H,4-5,8-9,12-14H2,1-2H3;(H,6,7). The van der Waals surface area contributed by atoms with Gasteiger partial charge >= 0.3 is 12.1 Å². The maximum Gasteiger partial charge on any atom is 0.490 e. The molecule has 0 atom stereocenters. The molecular formula is C21H28F3N3O3. The molecule has 0 saturated heterocycles. The van der Waals surface area contributed by atoms with E-state index < -0.39 is 12.1 Å². The number of nitrogens with zero attached hydrogens (tertiary/aromatic N) is 2. The lowest BCUT2D eigenvalue weighted by molar-refractivity contribution is -0.192. The number of aliphatic carboxylic acids is 1. The number of hydrogen-bond donors (Lipinski definition) is 2. The van der Waals surface area contributed by atoms with Crippen LogP contribution in [0.1, 0.15) is 42.5 Å². The topological polar surface area (TPSA) is 76.4 Å². The summed E-state index contributed by atoms with van der Waals surface area (Å²) in [5.74, 6) is -1.11. The molecule has 1 saturated carbocycles. The van der Waals surface area contributed by atoms with Gasteiger partial charge in [-0.15, -0.1) is 0 Å². The number of carboxylic acid groups (broad SMARTS) is 1. The normalized spacial score (nSPS) is 14.3. The van der Waals surface area contributed by atoms with Crippen LogP contribution in [0.4, 0.5) is 13.2 Å². The maximum atomic E-state index is 10.6. The van der Waals surface area contributed by atoms with Gasteiger partial charge in [-0.3, -0.25) is 0 Å². The van der Waals surface area contributed by atoms with E-state index in [1.165, 1.54) is 36.8 Å². The number of aryl methyl sites for hydroxylation is 1. The number of alkyl halides is 3. The molecule has 1 heterocycles. The molecule has 2 aromatic rings. The Labute approximate surface area is 174 Å². The molecule has 2 N–H and O–H groups in total. The zero-order valence-electron chi connectivity index (χ0n) is 17.2. The maximum absolute atomic E-state index is 10.6. The van der Waals surface area contributed by atoms with Gasteiger partial charge in [-0.05, 0) is 43.9 Å². The van der Waals surface area contributed by atoms with Crippen molar-refractivity contribution in [3.63, 3.8) is 0 Å².